The van der Waals surface area contributed by atoms with E-state index in [1.54, 1.807) is 16.8 Å². The maximum atomic E-state index is 11.3. The molecular weight excluding hydrogens is 214 g/mol. The van der Waals surface area contributed by atoms with E-state index in [0.717, 1.165) is 5.69 Å². The molecule has 1 aromatic heterocycles. The largest absolute Gasteiger partial charge is 0.383 e. The van der Waals surface area contributed by atoms with E-state index in [2.05, 4.69) is 29.4 Å². The molecule has 2 aromatic rings. The van der Waals surface area contributed by atoms with Crippen LogP contribution in [0, 0.1) is 6.92 Å². The molecular formula is C13H15N3O. The molecule has 0 saturated heterocycles. The highest BCUT2D eigenvalue weighted by Gasteiger charge is 1.95. The van der Waals surface area contributed by atoms with Gasteiger partial charge in [-0.3, -0.25) is 4.57 Å². The van der Waals surface area contributed by atoms with Gasteiger partial charge in [0.25, 0.3) is 0 Å². The number of aromatic nitrogens is 2. The van der Waals surface area contributed by atoms with Gasteiger partial charge in [-0.2, -0.15) is 0 Å². The van der Waals surface area contributed by atoms with Crippen molar-refractivity contribution in [3.8, 4) is 0 Å². The lowest BCUT2D eigenvalue weighted by Crippen LogP contribution is -2.24. The van der Waals surface area contributed by atoms with Crippen molar-refractivity contribution >= 4 is 5.69 Å². The molecule has 2 rings (SSSR count). The van der Waals surface area contributed by atoms with Crippen LogP contribution in [0.25, 0.3) is 0 Å². The van der Waals surface area contributed by atoms with Crippen molar-refractivity contribution in [2.24, 2.45) is 0 Å². The lowest BCUT2D eigenvalue weighted by atomic mass is 10.2. The molecule has 4 heteroatoms. The van der Waals surface area contributed by atoms with E-state index < -0.39 is 0 Å². The summed E-state index contributed by atoms with van der Waals surface area (Å²) in [4.78, 5) is 15.0. The second-order valence-corrected chi connectivity index (χ2v) is 3.89. The van der Waals surface area contributed by atoms with E-state index in [1.807, 2.05) is 12.1 Å². The van der Waals surface area contributed by atoms with Crippen molar-refractivity contribution in [2.75, 3.05) is 11.9 Å². The van der Waals surface area contributed by atoms with Gasteiger partial charge in [-0.1, -0.05) is 17.7 Å². The van der Waals surface area contributed by atoms with E-state index >= 15 is 0 Å². The third-order valence-corrected chi connectivity index (χ3v) is 2.52. The molecule has 0 aliphatic rings. The summed E-state index contributed by atoms with van der Waals surface area (Å²) in [5.74, 6) is 0. The summed E-state index contributed by atoms with van der Waals surface area (Å²) in [5.41, 5.74) is 2.09. The molecule has 17 heavy (non-hydrogen) atoms. The predicted octanol–water partition coefficient (Wildman–Crippen LogP) is 1.66. The summed E-state index contributed by atoms with van der Waals surface area (Å²) in [5, 5.41) is 3.26. The Kier molecular flexibility index (Phi) is 3.55. The Morgan fingerprint density at radius 1 is 1.29 bits per heavy atom. The van der Waals surface area contributed by atoms with Crippen LogP contribution in [0.3, 0.4) is 0 Å². The Morgan fingerprint density at radius 2 is 2.06 bits per heavy atom. The number of nitrogens with zero attached hydrogens (tertiary/aromatic N) is 2. The van der Waals surface area contributed by atoms with Crippen LogP contribution in [-0.4, -0.2) is 16.1 Å². The van der Waals surface area contributed by atoms with Gasteiger partial charge in [0.2, 0.25) is 0 Å². The molecule has 1 heterocycles. The van der Waals surface area contributed by atoms with Crippen LogP contribution in [0.4, 0.5) is 5.69 Å². The second kappa shape index (κ2) is 5.30. The second-order valence-electron chi connectivity index (χ2n) is 3.89. The first-order chi connectivity index (χ1) is 8.25. The highest BCUT2D eigenvalue weighted by molar-refractivity contribution is 5.44. The van der Waals surface area contributed by atoms with Gasteiger partial charge in [-0.05, 0) is 25.1 Å². The minimum absolute atomic E-state index is 0.210. The minimum atomic E-state index is -0.210. The van der Waals surface area contributed by atoms with Crippen molar-refractivity contribution in [1.82, 2.24) is 9.55 Å². The summed E-state index contributed by atoms with van der Waals surface area (Å²) < 4.78 is 1.58. The van der Waals surface area contributed by atoms with Crippen LogP contribution in [0.5, 0.6) is 0 Å². The summed E-state index contributed by atoms with van der Waals surface area (Å²) in [6.45, 7) is 3.37. The fraction of sp³-hybridized carbons (Fsp3) is 0.231. The van der Waals surface area contributed by atoms with Gasteiger partial charge >= 0.3 is 5.69 Å². The average Bonchev–Trinajstić information content (AvgIpc) is 2.34. The van der Waals surface area contributed by atoms with Crippen LogP contribution in [0.15, 0.2) is 47.5 Å². The Bertz CT molecular complexity index is 531. The molecule has 0 saturated carbocycles. The van der Waals surface area contributed by atoms with Crippen LogP contribution >= 0.6 is 0 Å². The number of benzene rings is 1. The number of anilines is 1. The molecule has 0 atom stereocenters. The lowest BCUT2D eigenvalue weighted by molar-refractivity contribution is 0.674. The normalized spacial score (nSPS) is 10.2. The summed E-state index contributed by atoms with van der Waals surface area (Å²) in [7, 11) is 0. The van der Waals surface area contributed by atoms with Gasteiger partial charge in [0, 0.05) is 31.2 Å². The smallest absolute Gasteiger partial charge is 0.347 e. The third-order valence-electron chi connectivity index (χ3n) is 2.52. The van der Waals surface area contributed by atoms with Crippen molar-refractivity contribution in [1.29, 1.82) is 0 Å². The third kappa shape index (κ3) is 3.17. The minimum Gasteiger partial charge on any atom is -0.383 e. The highest BCUT2D eigenvalue weighted by Crippen LogP contribution is 2.07. The topological polar surface area (TPSA) is 46.9 Å². The van der Waals surface area contributed by atoms with Crippen LogP contribution < -0.4 is 11.0 Å². The van der Waals surface area contributed by atoms with E-state index in [-0.39, 0.29) is 5.69 Å². The van der Waals surface area contributed by atoms with Crippen molar-refractivity contribution in [3.63, 3.8) is 0 Å². The summed E-state index contributed by atoms with van der Waals surface area (Å²) in [6, 6.07) is 9.92. The summed E-state index contributed by atoms with van der Waals surface area (Å²) in [6.07, 6.45) is 3.25. The number of nitrogens with one attached hydrogen (secondary N) is 1. The first-order valence-electron chi connectivity index (χ1n) is 5.58. The Morgan fingerprint density at radius 3 is 2.76 bits per heavy atom. The molecule has 4 nitrogen and oxygen atoms in total. The molecule has 0 bridgehead atoms. The lowest BCUT2D eigenvalue weighted by Gasteiger charge is -2.07. The van der Waals surface area contributed by atoms with E-state index in [4.69, 9.17) is 0 Å². The SMILES string of the molecule is Cc1ccc(NCCn2cccnc2=O)cc1. The molecule has 0 aliphatic carbocycles. The van der Waals surface area contributed by atoms with Gasteiger partial charge in [-0.25, -0.2) is 9.78 Å². The molecule has 0 radical (unpaired) electrons. The number of rotatable bonds is 4. The maximum absolute atomic E-state index is 11.3. The van der Waals surface area contributed by atoms with Crippen molar-refractivity contribution in [3.05, 3.63) is 58.8 Å². The zero-order valence-electron chi connectivity index (χ0n) is 9.76. The first kappa shape index (κ1) is 11.4. The molecule has 0 spiro atoms. The zero-order valence-corrected chi connectivity index (χ0v) is 9.76. The van der Waals surface area contributed by atoms with Gasteiger partial charge in [0.05, 0.1) is 0 Å². The predicted molar refractivity (Wildman–Crippen MR) is 68.2 cm³/mol. The van der Waals surface area contributed by atoms with Crippen LogP contribution in [-0.2, 0) is 6.54 Å². The zero-order chi connectivity index (χ0) is 12.1. The molecule has 0 aliphatic heterocycles. The maximum Gasteiger partial charge on any atom is 0.347 e. The first-order valence-corrected chi connectivity index (χ1v) is 5.58. The van der Waals surface area contributed by atoms with Gasteiger partial charge in [0.1, 0.15) is 0 Å². The quantitative estimate of drug-likeness (QED) is 0.867. The fourth-order valence-corrected chi connectivity index (χ4v) is 1.55. The van der Waals surface area contributed by atoms with Crippen molar-refractivity contribution in [2.45, 2.75) is 13.5 Å². The van der Waals surface area contributed by atoms with Gasteiger partial charge < -0.3 is 5.32 Å². The fourth-order valence-electron chi connectivity index (χ4n) is 1.55. The molecule has 1 aromatic carbocycles. The average molecular weight is 229 g/mol. The molecule has 0 fully saturated rings. The highest BCUT2D eigenvalue weighted by atomic mass is 16.1. The Balaban J connectivity index is 1.90. The molecule has 0 amide bonds. The molecule has 0 unspecified atom stereocenters. The van der Waals surface area contributed by atoms with E-state index in [0.29, 0.717) is 13.1 Å². The van der Waals surface area contributed by atoms with Gasteiger partial charge in [-0.15, -0.1) is 0 Å². The Labute approximate surface area is 99.9 Å². The standard InChI is InChI=1S/C13H15N3O/c1-11-3-5-12(6-4-11)14-8-10-16-9-2-7-15-13(16)17/h2-7,9,14H,8,10H2,1H3. The van der Waals surface area contributed by atoms with E-state index in [9.17, 15) is 4.79 Å². The molecule has 1 N–H and O–H groups in total. The Hall–Kier alpha value is -2.10. The van der Waals surface area contributed by atoms with E-state index in [1.165, 1.54) is 11.8 Å². The monoisotopic (exact) mass is 229 g/mol. The van der Waals surface area contributed by atoms with Gasteiger partial charge in [0.15, 0.2) is 0 Å². The number of aryl methyl sites for hydroxylation is 1. The number of hydrogen-bond acceptors (Lipinski definition) is 3. The van der Waals surface area contributed by atoms with Crippen LogP contribution in [0.1, 0.15) is 5.56 Å². The van der Waals surface area contributed by atoms with Crippen LogP contribution in [0.2, 0.25) is 0 Å². The number of hydrogen-bond donors (Lipinski definition) is 1. The van der Waals surface area contributed by atoms with Crippen molar-refractivity contribution < 1.29 is 0 Å². The molecule has 88 valence electrons. The summed E-state index contributed by atoms with van der Waals surface area (Å²) >= 11 is 0.